The van der Waals surface area contributed by atoms with Gasteiger partial charge in [0.05, 0.1) is 34.2 Å². The van der Waals surface area contributed by atoms with Gasteiger partial charge in [-0.05, 0) is 64.3 Å². The van der Waals surface area contributed by atoms with E-state index in [1.807, 2.05) is 52.8 Å². The number of halogens is 2. The van der Waals surface area contributed by atoms with Crippen LogP contribution in [-0.2, 0) is 11.2 Å². The van der Waals surface area contributed by atoms with Crippen molar-refractivity contribution in [1.82, 2.24) is 23.8 Å². The highest BCUT2D eigenvalue weighted by molar-refractivity contribution is 7.92. The first kappa shape index (κ1) is 27.9. The second-order valence-electron chi connectivity index (χ2n) is 9.23. The molecule has 0 spiro atoms. The van der Waals surface area contributed by atoms with Gasteiger partial charge >= 0.3 is 6.09 Å². The molecule has 4 rings (SSSR count). The smallest absolute Gasteiger partial charge is 0.411 e. The Balaban J connectivity index is 0.00000176. The van der Waals surface area contributed by atoms with E-state index in [0.29, 0.717) is 22.8 Å². The maximum absolute atomic E-state index is 13.5. The topological polar surface area (TPSA) is 73.1 Å². The van der Waals surface area contributed by atoms with Gasteiger partial charge in [-0.1, -0.05) is 31.5 Å². The Morgan fingerprint density at radius 2 is 1.94 bits per heavy atom. The van der Waals surface area contributed by atoms with Gasteiger partial charge in [-0.2, -0.15) is 0 Å². The molecule has 2 unspecified atom stereocenters. The Kier molecular flexibility index (Phi) is 9.73. The van der Waals surface area contributed by atoms with Crippen LogP contribution in [0.1, 0.15) is 88.7 Å². The first-order valence-corrected chi connectivity index (χ1v) is 13.2. The Morgan fingerprint density at radius 3 is 2.64 bits per heavy atom. The molecule has 3 aromatic rings. The number of carbonyl (C=O) groups excluding carboxylic acids is 1. The van der Waals surface area contributed by atoms with Crippen molar-refractivity contribution in [3.63, 3.8) is 0 Å². The van der Waals surface area contributed by atoms with E-state index >= 15 is 0 Å². The van der Waals surface area contributed by atoms with E-state index in [9.17, 15) is 8.68 Å². The van der Waals surface area contributed by atoms with E-state index in [2.05, 4.69) is 9.97 Å². The molecule has 36 heavy (non-hydrogen) atoms. The van der Waals surface area contributed by atoms with E-state index in [1.54, 1.807) is 29.4 Å². The van der Waals surface area contributed by atoms with E-state index in [4.69, 9.17) is 21.3 Å². The Bertz CT molecular complexity index is 1150. The van der Waals surface area contributed by atoms with E-state index in [1.165, 1.54) is 10.3 Å². The average molecular weight is 534 g/mol. The van der Waals surface area contributed by atoms with Crippen LogP contribution in [0, 0.1) is 0 Å². The van der Waals surface area contributed by atoms with Crippen molar-refractivity contribution in [2.24, 2.45) is 0 Å². The van der Waals surface area contributed by atoms with Gasteiger partial charge in [0.2, 0.25) is 0 Å². The molecule has 0 bridgehead atoms. The van der Waals surface area contributed by atoms with Crippen molar-refractivity contribution < 1.29 is 13.4 Å². The van der Waals surface area contributed by atoms with Crippen LogP contribution in [0.15, 0.2) is 49.1 Å². The summed E-state index contributed by atoms with van der Waals surface area (Å²) < 4.78 is 20.3. The Morgan fingerprint density at radius 1 is 1.19 bits per heavy atom. The van der Waals surface area contributed by atoms with Crippen molar-refractivity contribution >= 4 is 30.0 Å². The molecule has 10 heteroatoms. The summed E-state index contributed by atoms with van der Waals surface area (Å²) in [5.41, 5.74) is 2.20. The van der Waals surface area contributed by atoms with E-state index in [0.717, 1.165) is 30.7 Å². The third-order valence-electron chi connectivity index (χ3n) is 5.62. The van der Waals surface area contributed by atoms with Gasteiger partial charge in [-0.15, -0.1) is 3.89 Å². The zero-order valence-electron chi connectivity index (χ0n) is 21.3. The minimum atomic E-state index is -0.657. The molecule has 0 aromatic carbocycles. The highest BCUT2D eigenvalue weighted by atomic mass is 35.5. The Labute approximate surface area is 221 Å². The molecule has 1 fully saturated rings. The quantitative estimate of drug-likeness (QED) is 0.337. The molecule has 1 aliphatic heterocycles. The third kappa shape index (κ3) is 6.76. The van der Waals surface area contributed by atoms with Gasteiger partial charge < -0.3 is 4.74 Å². The number of likely N-dealkylation sites (tertiary alicyclic amines) is 1. The molecule has 7 nitrogen and oxygen atoms in total. The van der Waals surface area contributed by atoms with Gasteiger partial charge in [0.15, 0.2) is 12.3 Å². The molecule has 2 atom stereocenters. The lowest BCUT2D eigenvalue weighted by Gasteiger charge is -2.42. The predicted octanol–water partition coefficient (Wildman–Crippen LogP) is 7.53. The first-order chi connectivity index (χ1) is 17.3. The fourth-order valence-corrected chi connectivity index (χ4v) is 4.77. The lowest BCUT2D eigenvalue weighted by atomic mass is 9.91. The number of hydrogen-bond acceptors (Lipinski definition) is 6. The lowest BCUT2D eigenvalue weighted by Crippen LogP contribution is -2.44. The van der Waals surface area contributed by atoms with Crippen LogP contribution in [0.3, 0.4) is 0 Å². The molecule has 0 N–H and O–H groups in total. The minimum Gasteiger partial charge on any atom is -0.444 e. The molecule has 1 aliphatic rings. The Hall–Kier alpha value is -2.65. The summed E-state index contributed by atoms with van der Waals surface area (Å²) in [7, 11) is 0. The fourth-order valence-electron chi connectivity index (χ4n) is 4.24. The van der Waals surface area contributed by atoms with Crippen molar-refractivity contribution in [3.05, 3.63) is 76.9 Å². The zero-order chi connectivity index (χ0) is 26.3. The number of piperidine rings is 1. The normalized spacial score (nSPS) is 17.8. The molecule has 4 heterocycles. The summed E-state index contributed by atoms with van der Waals surface area (Å²) >= 11 is 6.59. The molecular weight excluding hydrogens is 501 g/mol. The van der Waals surface area contributed by atoms with Crippen molar-refractivity contribution in [2.75, 3.05) is 0 Å². The zero-order valence-corrected chi connectivity index (χ0v) is 22.9. The number of rotatable bonds is 5. The second kappa shape index (κ2) is 12.5. The largest absolute Gasteiger partial charge is 0.444 e. The van der Waals surface area contributed by atoms with Crippen LogP contribution in [0.2, 0.25) is 5.02 Å². The van der Waals surface area contributed by atoms with Crippen LogP contribution in [0.4, 0.5) is 8.68 Å². The highest BCUT2D eigenvalue weighted by Crippen LogP contribution is 2.43. The summed E-state index contributed by atoms with van der Waals surface area (Å²) in [6, 6.07) is 8.61. The average Bonchev–Trinajstić information content (AvgIpc) is 3.31. The van der Waals surface area contributed by atoms with Gasteiger partial charge in [0.25, 0.3) is 0 Å². The summed E-state index contributed by atoms with van der Waals surface area (Å²) in [5.74, 6) is 0. The first-order valence-electron chi connectivity index (χ1n) is 12.1. The van der Waals surface area contributed by atoms with Crippen molar-refractivity contribution in [2.45, 2.75) is 78.0 Å². The second-order valence-corrected chi connectivity index (χ2v) is 10.2. The molecule has 0 radical (unpaired) electrons. The van der Waals surface area contributed by atoms with Gasteiger partial charge in [0.1, 0.15) is 11.9 Å². The minimum absolute atomic E-state index is 0.0999. The van der Waals surface area contributed by atoms with Crippen molar-refractivity contribution in [1.29, 1.82) is 0 Å². The van der Waals surface area contributed by atoms with Crippen LogP contribution in [0.25, 0.3) is 0 Å². The van der Waals surface area contributed by atoms with Crippen LogP contribution < -0.4 is 0 Å². The van der Waals surface area contributed by atoms with E-state index < -0.39 is 11.7 Å². The van der Waals surface area contributed by atoms with Gasteiger partial charge in [0, 0.05) is 24.5 Å². The standard InChI is InChI=1S/C24H27ClFN5O2S.C2H6/c1-24(2,3)33-23(32)31-20(10-5-11-21(31)22-18(25)8-6-12-28-22)19-9-4-7-16(29-19)13-17-14-27-15-30(17)34-26;1-2/h4,6-9,12,14-15,20-21H,5,10-11,13H2,1-3H3;1-2H3. The predicted molar refractivity (Wildman–Crippen MR) is 141 cm³/mol. The number of amides is 1. The van der Waals surface area contributed by atoms with Crippen LogP contribution in [0.5, 0.6) is 0 Å². The molecular formula is C26H33ClFN5O2S. The summed E-state index contributed by atoms with van der Waals surface area (Å²) in [6.45, 7) is 9.53. The monoisotopic (exact) mass is 533 g/mol. The van der Waals surface area contributed by atoms with Gasteiger partial charge in [-0.3, -0.25) is 14.9 Å². The summed E-state index contributed by atoms with van der Waals surface area (Å²) in [6.07, 6.45) is 7.04. The number of hydrogen-bond donors (Lipinski definition) is 0. The number of carbonyl (C=O) groups is 1. The summed E-state index contributed by atoms with van der Waals surface area (Å²) in [5, 5.41) is 0.514. The van der Waals surface area contributed by atoms with Crippen LogP contribution >= 0.6 is 23.9 Å². The molecule has 194 valence electrons. The SMILES string of the molecule is CC.CC(C)(C)OC(=O)N1C(c2cccc(Cc3cncn3SF)n2)CCCC1c1ncccc1Cl. The molecule has 1 amide bonds. The number of nitrogens with zero attached hydrogens (tertiary/aromatic N) is 5. The number of aromatic nitrogens is 4. The lowest BCUT2D eigenvalue weighted by molar-refractivity contribution is -0.00795. The number of ether oxygens (including phenoxy) is 1. The maximum Gasteiger partial charge on any atom is 0.411 e. The maximum atomic E-state index is 13.5. The van der Waals surface area contributed by atoms with E-state index in [-0.39, 0.29) is 24.4 Å². The summed E-state index contributed by atoms with van der Waals surface area (Å²) in [4.78, 5) is 28.6. The third-order valence-corrected chi connectivity index (χ3v) is 6.42. The molecule has 0 saturated carbocycles. The fraction of sp³-hybridized carbons (Fsp3) is 0.462. The highest BCUT2D eigenvalue weighted by Gasteiger charge is 2.40. The molecule has 1 saturated heterocycles. The molecule has 0 aliphatic carbocycles. The molecule has 3 aromatic heterocycles. The number of pyridine rings is 2. The van der Waals surface area contributed by atoms with Gasteiger partial charge in [-0.25, -0.2) is 13.8 Å². The van der Waals surface area contributed by atoms with Crippen LogP contribution in [-0.4, -0.2) is 35.5 Å². The van der Waals surface area contributed by atoms with Crippen molar-refractivity contribution in [3.8, 4) is 0 Å². The number of imidazole rings is 1.